The number of nitrogens with one attached hydrogen (secondary N) is 1. The molecule has 3 rings (SSSR count). The molecule has 1 heterocycles. The molecule has 0 unspecified atom stereocenters. The SMILES string of the molecule is COc1ccc(-c2ccc(CNCCC3=CCCCC3)o2)cc1Cl.Cl. The summed E-state index contributed by atoms with van der Waals surface area (Å²) in [5.74, 6) is 2.44. The predicted molar refractivity (Wildman–Crippen MR) is 106 cm³/mol. The molecule has 5 heteroatoms. The number of furan rings is 1. The van der Waals surface area contributed by atoms with Crippen molar-refractivity contribution in [2.75, 3.05) is 13.7 Å². The predicted octanol–water partition coefficient (Wildman–Crippen LogP) is 6.01. The molecule has 0 bridgehead atoms. The topological polar surface area (TPSA) is 34.4 Å². The molecule has 0 saturated heterocycles. The van der Waals surface area contributed by atoms with Crippen LogP contribution in [0.2, 0.25) is 5.02 Å². The molecule has 0 saturated carbocycles. The van der Waals surface area contributed by atoms with Crippen molar-refractivity contribution in [1.82, 2.24) is 5.32 Å². The van der Waals surface area contributed by atoms with Gasteiger partial charge in [0.15, 0.2) is 0 Å². The average Bonchev–Trinajstić information content (AvgIpc) is 3.08. The molecule has 0 aliphatic heterocycles. The second-order valence-corrected chi connectivity index (χ2v) is 6.56. The highest BCUT2D eigenvalue weighted by Crippen LogP contribution is 2.31. The summed E-state index contributed by atoms with van der Waals surface area (Å²) in [6.45, 7) is 1.74. The van der Waals surface area contributed by atoms with Crippen LogP contribution in [-0.4, -0.2) is 13.7 Å². The Morgan fingerprint density at radius 3 is 2.80 bits per heavy atom. The van der Waals surface area contributed by atoms with Crippen molar-refractivity contribution >= 4 is 24.0 Å². The third kappa shape index (κ3) is 5.53. The first-order valence-electron chi connectivity index (χ1n) is 8.57. The summed E-state index contributed by atoms with van der Waals surface area (Å²) in [5, 5.41) is 4.05. The van der Waals surface area contributed by atoms with Crippen LogP contribution >= 0.6 is 24.0 Å². The van der Waals surface area contributed by atoms with E-state index in [0.29, 0.717) is 10.8 Å². The number of methoxy groups -OCH3 is 1. The summed E-state index contributed by atoms with van der Waals surface area (Å²) in [6, 6.07) is 9.68. The van der Waals surface area contributed by atoms with Crippen LogP contribution in [0.3, 0.4) is 0 Å². The van der Waals surface area contributed by atoms with Crippen molar-refractivity contribution in [2.24, 2.45) is 0 Å². The van der Waals surface area contributed by atoms with Gasteiger partial charge in [-0.25, -0.2) is 0 Å². The van der Waals surface area contributed by atoms with E-state index in [9.17, 15) is 0 Å². The van der Waals surface area contributed by atoms with Crippen LogP contribution in [0.15, 0.2) is 46.4 Å². The molecule has 1 N–H and O–H groups in total. The van der Waals surface area contributed by atoms with Crippen LogP contribution in [0, 0.1) is 0 Å². The fourth-order valence-electron chi connectivity index (χ4n) is 3.04. The highest BCUT2D eigenvalue weighted by atomic mass is 35.5. The molecule has 1 aromatic carbocycles. The molecule has 25 heavy (non-hydrogen) atoms. The van der Waals surface area contributed by atoms with Gasteiger partial charge in [0, 0.05) is 5.56 Å². The van der Waals surface area contributed by atoms with Crippen molar-refractivity contribution in [3.63, 3.8) is 0 Å². The molecule has 136 valence electrons. The van der Waals surface area contributed by atoms with Crippen LogP contribution in [0.25, 0.3) is 11.3 Å². The van der Waals surface area contributed by atoms with E-state index in [-0.39, 0.29) is 12.4 Å². The fourth-order valence-corrected chi connectivity index (χ4v) is 3.30. The van der Waals surface area contributed by atoms with Gasteiger partial charge >= 0.3 is 0 Å². The Kier molecular flexibility index (Phi) is 7.89. The summed E-state index contributed by atoms with van der Waals surface area (Å²) in [5.41, 5.74) is 2.56. The second kappa shape index (κ2) is 9.91. The van der Waals surface area contributed by atoms with E-state index in [0.717, 1.165) is 36.6 Å². The Morgan fingerprint density at radius 1 is 1.20 bits per heavy atom. The van der Waals surface area contributed by atoms with E-state index < -0.39 is 0 Å². The summed E-state index contributed by atoms with van der Waals surface area (Å²) in [4.78, 5) is 0. The standard InChI is InChI=1S/C20H24ClNO2.ClH/c1-23-20-9-7-16(13-18(20)21)19-10-8-17(24-19)14-22-12-11-15-5-3-2-4-6-15;/h5,7-10,13,22H,2-4,6,11-12,14H2,1H3;1H. The van der Waals surface area contributed by atoms with Gasteiger partial charge in [-0.15, -0.1) is 12.4 Å². The number of halogens is 2. The van der Waals surface area contributed by atoms with Gasteiger partial charge in [-0.3, -0.25) is 0 Å². The summed E-state index contributed by atoms with van der Waals surface area (Å²) in [7, 11) is 1.61. The largest absolute Gasteiger partial charge is 0.495 e. The van der Waals surface area contributed by atoms with Gasteiger partial charge in [-0.1, -0.05) is 23.3 Å². The normalized spacial score (nSPS) is 13.9. The number of rotatable bonds is 7. The smallest absolute Gasteiger partial charge is 0.137 e. The average molecular weight is 382 g/mol. The van der Waals surface area contributed by atoms with Gasteiger partial charge in [0.25, 0.3) is 0 Å². The van der Waals surface area contributed by atoms with Crippen LogP contribution in [0.5, 0.6) is 5.75 Å². The lowest BCUT2D eigenvalue weighted by Crippen LogP contribution is -2.15. The quantitative estimate of drug-likeness (QED) is 0.470. The van der Waals surface area contributed by atoms with E-state index in [1.165, 1.54) is 25.7 Å². The lowest BCUT2D eigenvalue weighted by Gasteiger charge is -2.12. The van der Waals surface area contributed by atoms with Crippen molar-refractivity contribution < 1.29 is 9.15 Å². The third-order valence-corrected chi connectivity index (χ3v) is 4.70. The first-order chi connectivity index (χ1) is 11.8. The van der Waals surface area contributed by atoms with E-state index in [1.807, 2.05) is 30.3 Å². The Bertz CT molecular complexity index is 709. The van der Waals surface area contributed by atoms with Gasteiger partial charge in [-0.2, -0.15) is 0 Å². The molecule has 1 aliphatic carbocycles. The maximum Gasteiger partial charge on any atom is 0.137 e. The lowest BCUT2D eigenvalue weighted by atomic mass is 9.97. The second-order valence-electron chi connectivity index (χ2n) is 6.15. The minimum absolute atomic E-state index is 0. The maximum absolute atomic E-state index is 6.18. The molecule has 2 aromatic rings. The van der Waals surface area contributed by atoms with E-state index in [4.69, 9.17) is 20.8 Å². The summed E-state index contributed by atoms with van der Waals surface area (Å²) >= 11 is 6.18. The molecule has 0 fully saturated rings. The summed E-state index contributed by atoms with van der Waals surface area (Å²) < 4.78 is 11.1. The van der Waals surface area contributed by atoms with E-state index in [1.54, 1.807) is 12.7 Å². The lowest BCUT2D eigenvalue weighted by molar-refractivity contribution is 0.415. The van der Waals surface area contributed by atoms with Crippen molar-refractivity contribution in [3.05, 3.63) is 52.8 Å². The maximum atomic E-state index is 6.18. The number of ether oxygens (including phenoxy) is 1. The molecule has 0 radical (unpaired) electrons. The molecule has 3 nitrogen and oxygen atoms in total. The highest BCUT2D eigenvalue weighted by Gasteiger charge is 2.08. The Hall–Kier alpha value is -1.42. The monoisotopic (exact) mass is 381 g/mol. The molecule has 0 spiro atoms. The highest BCUT2D eigenvalue weighted by molar-refractivity contribution is 6.32. The first-order valence-corrected chi connectivity index (χ1v) is 8.95. The van der Waals surface area contributed by atoms with Crippen molar-refractivity contribution in [3.8, 4) is 17.1 Å². The van der Waals surface area contributed by atoms with Gasteiger partial charge in [0.2, 0.25) is 0 Å². The molecule has 1 aromatic heterocycles. The van der Waals surface area contributed by atoms with Gasteiger partial charge in [0.05, 0.1) is 18.7 Å². The van der Waals surface area contributed by atoms with Crippen LogP contribution in [0.4, 0.5) is 0 Å². The van der Waals surface area contributed by atoms with E-state index >= 15 is 0 Å². The van der Waals surface area contributed by atoms with Gasteiger partial charge in [0.1, 0.15) is 17.3 Å². The first kappa shape index (κ1) is 19.9. The van der Waals surface area contributed by atoms with Gasteiger partial charge in [-0.05, 0) is 69.0 Å². The molecular weight excluding hydrogens is 357 g/mol. The molecule has 0 atom stereocenters. The van der Waals surface area contributed by atoms with Crippen LogP contribution < -0.4 is 10.1 Å². The number of hydrogen-bond donors (Lipinski definition) is 1. The van der Waals surface area contributed by atoms with Gasteiger partial charge < -0.3 is 14.5 Å². The molecule has 1 aliphatic rings. The van der Waals surface area contributed by atoms with E-state index in [2.05, 4.69) is 11.4 Å². The number of allylic oxidation sites excluding steroid dienone is 1. The Balaban J connectivity index is 0.00000225. The zero-order chi connectivity index (χ0) is 16.8. The minimum atomic E-state index is 0. The third-order valence-electron chi connectivity index (χ3n) is 4.41. The number of benzene rings is 1. The molecular formula is C20H25Cl2NO2. The van der Waals surface area contributed by atoms with Crippen molar-refractivity contribution in [1.29, 1.82) is 0 Å². The molecule has 0 amide bonds. The van der Waals surface area contributed by atoms with Crippen LogP contribution in [-0.2, 0) is 6.54 Å². The zero-order valence-corrected chi connectivity index (χ0v) is 16.1. The summed E-state index contributed by atoms with van der Waals surface area (Å²) in [6.07, 6.45) is 8.76. The zero-order valence-electron chi connectivity index (χ0n) is 14.5. The Labute approximate surface area is 160 Å². The van der Waals surface area contributed by atoms with Crippen LogP contribution in [0.1, 0.15) is 37.9 Å². The Morgan fingerprint density at radius 2 is 2.08 bits per heavy atom. The fraction of sp³-hybridized carbons (Fsp3) is 0.400. The number of hydrogen-bond acceptors (Lipinski definition) is 3. The van der Waals surface area contributed by atoms with Crippen molar-refractivity contribution in [2.45, 2.75) is 38.6 Å². The minimum Gasteiger partial charge on any atom is -0.495 e.